The second-order valence-corrected chi connectivity index (χ2v) is 7.52. The van der Waals surface area contributed by atoms with Crippen molar-refractivity contribution >= 4 is 5.96 Å². The van der Waals surface area contributed by atoms with Crippen molar-refractivity contribution in [2.45, 2.75) is 38.9 Å². The maximum absolute atomic E-state index is 12.3. The predicted molar refractivity (Wildman–Crippen MR) is 103 cm³/mol. The van der Waals surface area contributed by atoms with E-state index in [-0.39, 0.29) is 0 Å². The summed E-state index contributed by atoms with van der Waals surface area (Å²) >= 11 is 0. The van der Waals surface area contributed by atoms with Crippen LogP contribution in [0.2, 0.25) is 0 Å². The Morgan fingerprint density at radius 3 is 2.44 bits per heavy atom. The molecule has 1 rings (SSSR count). The minimum atomic E-state index is -4.15. The van der Waals surface area contributed by atoms with E-state index < -0.39 is 12.7 Å². The molecule has 0 aromatic rings. The third-order valence-corrected chi connectivity index (χ3v) is 4.49. The number of halogens is 3. The van der Waals surface area contributed by atoms with Crippen LogP contribution in [0.4, 0.5) is 13.2 Å². The third kappa shape index (κ3) is 11.4. The second kappa shape index (κ2) is 12.4. The summed E-state index contributed by atoms with van der Waals surface area (Å²) in [6.07, 6.45) is -2.44. The van der Waals surface area contributed by atoms with Gasteiger partial charge in [0, 0.05) is 39.3 Å². The monoisotopic (exact) mass is 395 g/mol. The Labute approximate surface area is 161 Å². The zero-order valence-electron chi connectivity index (χ0n) is 17.1. The van der Waals surface area contributed by atoms with Gasteiger partial charge in [-0.05, 0) is 32.4 Å². The van der Waals surface area contributed by atoms with Crippen LogP contribution in [0, 0.1) is 5.92 Å². The zero-order valence-corrected chi connectivity index (χ0v) is 17.1. The Morgan fingerprint density at radius 1 is 1.22 bits per heavy atom. The van der Waals surface area contributed by atoms with Crippen molar-refractivity contribution in [3.05, 3.63) is 0 Å². The average molecular weight is 396 g/mol. The smallest absolute Gasteiger partial charge is 0.379 e. The highest BCUT2D eigenvalue weighted by Crippen LogP contribution is 2.15. The first-order valence-corrected chi connectivity index (χ1v) is 9.73. The molecule has 1 fully saturated rings. The van der Waals surface area contributed by atoms with E-state index in [0.29, 0.717) is 37.4 Å². The molecule has 1 atom stereocenters. The Hall–Kier alpha value is -1.06. The van der Waals surface area contributed by atoms with Crippen molar-refractivity contribution in [2.24, 2.45) is 10.9 Å². The molecule has 1 unspecified atom stereocenters. The SMILES string of the molecule is CN=C(NCCCN(C)CC(F)(F)F)NCC(CC(C)C)N1CCOCC1. The first kappa shape index (κ1) is 24.0. The number of ether oxygens (including phenoxy) is 1. The van der Waals surface area contributed by atoms with Crippen molar-refractivity contribution in [2.75, 3.05) is 66.6 Å². The van der Waals surface area contributed by atoms with Crippen LogP contribution < -0.4 is 10.6 Å². The van der Waals surface area contributed by atoms with Crippen LogP contribution in [0.1, 0.15) is 26.7 Å². The molecule has 0 saturated carbocycles. The van der Waals surface area contributed by atoms with E-state index in [2.05, 4.69) is 34.4 Å². The molecule has 6 nitrogen and oxygen atoms in total. The van der Waals surface area contributed by atoms with Gasteiger partial charge in [-0.2, -0.15) is 13.2 Å². The van der Waals surface area contributed by atoms with Crippen molar-refractivity contribution in [1.82, 2.24) is 20.4 Å². The molecular formula is C18H36F3N5O. The Bertz CT molecular complexity index is 426. The molecule has 1 aliphatic heterocycles. The quantitative estimate of drug-likeness (QED) is 0.336. The molecule has 0 spiro atoms. The van der Waals surface area contributed by atoms with E-state index >= 15 is 0 Å². The highest BCUT2D eigenvalue weighted by atomic mass is 19.4. The molecule has 160 valence electrons. The van der Waals surface area contributed by atoms with Crippen LogP contribution in [0.15, 0.2) is 4.99 Å². The van der Waals surface area contributed by atoms with Crippen LogP contribution in [0.3, 0.4) is 0 Å². The summed E-state index contributed by atoms with van der Waals surface area (Å²) in [6, 6.07) is 0.408. The number of rotatable bonds is 10. The van der Waals surface area contributed by atoms with Gasteiger partial charge in [-0.1, -0.05) is 13.8 Å². The molecule has 27 heavy (non-hydrogen) atoms. The van der Waals surface area contributed by atoms with Gasteiger partial charge in [0.25, 0.3) is 0 Å². The fraction of sp³-hybridized carbons (Fsp3) is 0.944. The lowest BCUT2D eigenvalue weighted by atomic mass is 10.0. The van der Waals surface area contributed by atoms with Crippen molar-refractivity contribution in [3.63, 3.8) is 0 Å². The summed E-state index contributed by atoms with van der Waals surface area (Å²) in [5, 5.41) is 6.55. The lowest BCUT2D eigenvalue weighted by Crippen LogP contribution is -2.51. The van der Waals surface area contributed by atoms with Crippen molar-refractivity contribution in [1.29, 1.82) is 0 Å². The summed E-state index contributed by atoms with van der Waals surface area (Å²) in [4.78, 5) is 7.96. The summed E-state index contributed by atoms with van der Waals surface area (Å²) in [7, 11) is 3.19. The normalized spacial score (nSPS) is 18.2. The number of nitrogens with zero attached hydrogens (tertiary/aromatic N) is 3. The van der Waals surface area contributed by atoms with Gasteiger partial charge in [0.2, 0.25) is 0 Å². The van der Waals surface area contributed by atoms with E-state index in [1.165, 1.54) is 11.9 Å². The van der Waals surface area contributed by atoms with E-state index in [1.807, 2.05) is 0 Å². The maximum atomic E-state index is 12.3. The predicted octanol–water partition coefficient (Wildman–Crippen LogP) is 1.78. The molecule has 0 radical (unpaired) electrons. The molecule has 1 aliphatic rings. The van der Waals surface area contributed by atoms with Crippen molar-refractivity contribution < 1.29 is 17.9 Å². The van der Waals surface area contributed by atoms with E-state index in [0.717, 1.165) is 39.3 Å². The van der Waals surface area contributed by atoms with E-state index in [4.69, 9.17) is 4.74 Å². The van der Waals surface area contributed by atoms with Gasteiger partial charge in [0.1, 0.15) is 0 Å². The standard InChI is InChI=1S/C18H36F3N5O/c1-15(2)12-16(26-8-10-27-11-9-26)13-24-17(22-3)23-6-5-7-25(4)14-18(19,20)21/h15-16H,5-14H2,1-4H3,(H2,22,23,24). The molecule has 0 aromatic heterocycles. The van der Waals surface area contributed by atoms with Crippen molar-refractivity contribution in [3.8, 4) is 0 Å². The molecule has 2 N–H and O–H groups in total. The average Bonchev–Trinajstić information content (AvgIpc) is 2.59. The zero-order chi connectivity index (χ0) is 20.3. The van der Waals surface area contributed by atoms with Gasteiger partial charge in [0.05, 0.1) is 19.8 Å². The second-order valence-electron chi connectivity index (χ2n) is 7.52. The minimum Gasteiger partial charge on any atom is -0.379 e. The summed E-state index contributed by atoms with van der Waals surface area (Å²) in [6.45, 7) is 8.73. The number of aliphatic imine (C=N–C) groups is 1. The molecule has 0 amide bonds. The fourth-order valence-electron chi connectivity index (χ4n) is 3.22. The summed E-state index contributed by atoms with van der Waals surface area (Å²) in [5.74, 6) is 1.29. The highest BCUT2D eigenvalue weighted by Gasteiger charge is 2.28. The number of morpholine rings is 1. The van der Waals surface area contributed by atoms with Gasteiger partial charge in [-0.3, -0.25) is 14.8 Å². The van der Waals surface area contributed by atoms with Gasteiger partial charge in [0.15, 0.2) is 5.96 Å². The Balaban J connectivity index is 2.34. The summed E-state index contributed by atoms with van der Waals surface area (Å²) in [5.41, 5.74) is 0. The van der Waals surface area contributed by atoms with Crippen LogP contribution in [-0.2, 0) is 4.74 Å². The highest BCUT2D eigenvalue weighted by molar-refractivity contribution is 5.79. The van der Waals surface area contributed by atoms with Gasteiger partial charge in [-0.25, -0.2) is 0 Å². The van der Waals surface area contributed by atoms with Gasteiger partial charge in [-0.15, -0.1) is 0 Å². The fourth-order valence-corrected chi connectivity index (χ4v) is 3.22. The minimum absolute atomic E-state index is 0.382. The first-order chi connectivity index (χ1) is 12.7. The molecular weight excluding hydrogens is 359 g/mol. The van der Waals surface area contributed by atoms with Crippen LogP contribution in [0.5, 0.6) is 0 Å². The Kier molecular flexibility index (Phi) is 11.0. The van der Waals surface area contributed by atoms with Crippen LogP contribution in [-0.4, -0.2) is 94.6 Å². The maximum Gasteiger partial charge on any atom is 0.401 e. The largest absolute Gasteiger partial charge is 0.401 e. The Morgan fingerprint density at radius 2 is 1.89 bits per heavy atom. The van der Waals surface area contributed by atoms with Crippen LogP contribution in [0.25, 0.3) is 0 Å². The third-order valence-electron chi connectivity index (χ3n) is 4.49. The molecule has 1 saturated heterocycles. The topological polar surface area (TPSA) is 52.1 Å². The molecule has 0 bridgehead atoms. The molecule has 9 heteroatoms. The van der Waals surface area contributed by atoms with E-state index in [9.17, 15) is 13.2 Å². The molecule has 0 aliphatic carbocycles. The summed E-state index contributed by atoms with van der Waals surface area (Å²) < 4.78 is 42.4. The number of alkyl halides is 3. The number of hydrogen-bond donors (Lipinski definition) is 2. The van der Waals surface area contributed by atoms with E-state index in [1.54, 1.807) is 7.05 Å². The van der Waals surface area contributed by atoms with Gasteiger partial charge >= 0.3 is 6.18 Å². The molecule has 1 heterocycles. The number of hydrogen-bond acceptors (Lipinski definition) is 4. The molecule has 0 aromatic carbocycles. The first-order valence-electron chi connectivity index (χ1n) is 9.73. The lowest BCUT2D eigenvalue weighted by molar-refractivity contribution is -0.143. The lowest BCUT2D eigenvalue weighted by Gasteiger charge is -2.35. The van der Waals surface area contributed by atoms with Crippen LogP contribution >= 0.6 is 0 Å². The number of nitrogens with one attached hydrogen (secondary N) is 2. The van der Waals surface area contributed by atoms with Gasteiger partial charge < -0.3 is 15.4 Å². The number of guanidine groups is 1.